The lowest BCUT2D eigenvalue weighted by Crippen LogP contribution is -2.67. The molecule has 119 valence electrons. The molecule has 0 aromatic carbocycles. The molecule has 0 aliphatic carbocycles. The van der Waals surface area contributed by atoms with Gasteiger partial charge in [-0.05, 0) is 26.7 Å². The molecule has 4 aliphatic rings. The number of nitrogens with zero attached hydrogens (tertiary/aromatic N) is 4. The van der Waals surface area contributed by atoms with Gasteiger partial charge in [0.05, 0.1) is 19.4 Å². The minimum Gasteiger partial charge on any atom is -0.388 e. The van der Waals surface area contributed by atoms with Gasteiger partial charge in [-0.1, -0.05) is 38.6 Å². The second-order valence-electron chi connectivity index (χ2n) is 7.66. The average molecular weight is 307 g/mol. The maximum absolute atomic E-state index is 6.63. The molecule has 0 aromatic heterocycles. The normalized spacial score (nSPS) is 37.2. The van der Waals surface area contributed by atoms with E-state index in [0.29, 0.717) is 0 Å². The Hall–Kier alpha value is -1.13. The standard InChI is InChI=1S/C16H26B3N4/c1-13-20-11-7-5-9-18-22(13)16(4)15(20,3)21-12-8-6-10-19(17)23(16)14(21)2/h1-2,5-12H2,3-4H3/t15-,16+/m0/s1. The molecular weight excluding hydrogens is 281 g/mol. The maximum atomic E-state index is 6.63. The van der Waals surface area contributed by atoms with E-state index < -0.39 is 0 Å². The largest absolute Gasteiger partial charge is 0.388 e. The summed E-state index contributed by atoms with van der Waals surface area (Å²) >= 11 is 0. The van der Waals surface area contributed by atoms with Crippen molar-refractivity contribution in [2.45, 2.75) is 63.5 Å². The van der Waals surface area contributed by atoms with E-state index in [-0.39, 0.29) is 18.1 Å². The molecule has 7 heteroatoms. The summed E-state index contributed by atoms with van der Waals surface area (Å²) in [5, 5.41) is 0. The summed E-state index contributed by atoms with van der Waals surface area (Å²) in [6.07, 6.45) is 6.93. The van der Waals surface area contributed by atoms with Crippen LogP contribution in [0.2, 0.25) is 12.6 Å². The van der Waals surface area contributed by atoms with Gasteiger partial charge in [0.15, 0.2) is 5.66 Å². The van der Waals surface area contributed by atoms with Gasteiger partial charge in [0.25, 0.3) is 7.41 Å². The van der Waals surface area contributed by atoms with Gasteiger partial charge in [-0.25, -0.2) is 0 Å². The molecule has 2 atom stereocenters. The molecule has 4 fully saturated rings. The zero-order valence-electron chi connectivity index (χ0n) is 14.6. The second-order valence-corrected chi connectivity index (χ2v) is 7.66. The van der Waals surface area contributed by atoms with Crippen molar-refractivity contribution in [1.82, 2.24) is 19.4 Å². The van der Waals surface area contributed by atoms with Crippen molar-refractivity contribution in [1.29, 1.82) is 0 Å². The van der Waals surface area contributed by atoms with Crippen LogP contribution in [0.5, 0.6) is 0 Å². The zero-order valence-corrected chi connectivity index (χ0v) is 14.6. The zero-order chi connectivity index (χ0) is 16.4. The van der Waals surface area contributed by atoms with Crippen molar-refractivity contribution in [2.75, 3.05) is 13.1 Å². The molecule has 0 N–H and O–H groups in total. The third kappa shape index (κ3) is 1.66. The first-order valence-corrected chi connectivity index (χ1v) is 9.04. The number of fused-ring (bicyclic) bond motifs is 9. The Morgan fingerprint density at radius 2 is 1.65 bits per heavy atom. The SMILES string of the molecule is [B]B1CCCCN2C(=C)N1[C@@]1(C)N3[B]CCCCN(C3=C)[C@@]21C. The van der Waals surface area contributed by atoms with Crippen LogP contribution >= 0.6 is 0 Å². The van der Waals surface area contributed by atoms with Gasteiger partial charge in [0.2, 0.25) is 6.74 Å². The highest BCUT2D eigenvalue weighted by Crippen LogP contribution is 2.57. The quantitative estimate of drug-likeness (QED) is 0.634. The molecule has 0 saturated carbocycles. The summed E-state index contributed by atoms with van der Waals surface area (Å²) in [7, 11) is 8.97. The van der Waals surface area contributed by atoms with Crippen LogP contribution in [0.15, 0.2) is 24.8 Å². The molecule has 4 aliphatic heterocycles. The minimum absolute atomic E-state index is 0.0153. The number of hydrogen-bond donors (Lipinski definition) is 0. The Morgan fingerprint density at radius 1 is 1.00 bits per heavy atom. The first-order valence-electron chi connectivity index (χ1n) is 9.04. The van der Waals surface area contributed by atoms with E-state index in [1.807, 2.05) is 0 Å². The fourth-order valence-electron chi connectivity index (χ4n) is 5.37. The van der Waals surface area contributed by atoms with E-state index in [4.69, 9.17) is 7.74 Å². The van der Waals surface area contributed by atoms with Crippen molar-refractivity contribution in [3.63, 3.8) is 0 Å². The van der Waals surface area contributed by atoms with Crippen LogP contribution in [0, 0.1) is 0 Å². The molecule has 0 amide bonds. The minimum atomic E-state index is -0.241. The third-order valence-corrected chi connectivity index (χ3v) is 6.68. The average Bonchev–Trinajstić information content (AvgIpc) is 2.77. The first-order chi connectivity index (χ1) is 10.9. The monoisotopic (exact) mass is 307 g/mol. The fraction of sp³-hybridized carbons (Fsp3) is 0.750. The Bertz CT molecular complexity index is 555. The Kier molecular flexibility index (Phi) is 3.31. The molecule has 4 nitrogen and oxygen atoms in total. The van der Waals surface area contributed by atoms with Crippen LogP contribution < -0.4 is 0 Å². The van der Waals surface area contributed by atoms with Gasteiger partial charge in [-0.3, -0.25) is 0 Å². The van der Waals surface area contributed by atoms with E-state index in [9.17, 15) is 0 Å². The summed E-state index contributed by atoms with van der Waals surface area (Å²) in [4.78, 5) is 9.77. The highest BCUT2D eigenvalue weighted by atomic mass is 15.7. The third-order valence-electron chi connectivity index (χ3n) is 6.68. The Morgan fingerprint density at radius 3 is 2.39 bits per heavy atom. The molecule has 0 spiro atoms. The molecule has 4 saturated heterocycles. The summed E-state index contributed by atoms with van der Waals surface area (Å²) in [5.41, 5.74) is -0.404. The van der Waals surface area contributed by atoms with Crippen LogP contribution in [-0.4, -0.2) is 65.7 Å². The van der Waals surface area contributed by atoms with Crippen molar-refractivity contribution < 1.29 is 0 Å². The molecule has 23 heavy (non-hydrogen) atoms. The lowest BCUT2D eigenvalue weighted by molar-refractivity contribution is -0.00665. The molecular formula is C16H26B3N4. The summed E-state index contributed by atoms with van der Waals surface area (Å²) in [6.45, 7) is 15.7. The molecule has 4 heterocycles. The van der Waals surface area contributed by atoms with Crippen LogP contribution in [-0.2, 0) is 0 Å². The van der Waals surface area contributed by atoms with Crippen LogP contribution in [0.4, 0.5) is 0 Å². The number of hydrogen-bond acceptors (Lipinski definition) is 4. The van der Waals surface area contributed by atoms with Gasteiger partial charge in [-0.15, -0.1) is 0 Å². The van der Waals surface area contributed by atoms with Crippen molar-refractivity contribution in [3.05, 3.63) is 24.8 Å². The Balaban J connectivity index is 1.91. The lowest BCUT2D eigenvalue weighted by atomic mass is 9.38. The predicted octanol–water partition coefficient (Wildman–Crippen LogP) is 1.88. The van der Waals surface area contributed by atoms with Gasteiger partial charge >= 0.3 is 0 Å². The van der Waals surface area contributed by atoms with E-state index in [1.165, 1.54) is 25.7 Å². The van der Waals surface area contributed by atoms with Gasteiger partial charge in [-0.2, -0.15) is 0 Å². The molecule has 0 unspecified atom stereocenters. The van der Waals surface area contributed by atoms with E-state index in [2.05, 4.69) is 53.8 Å². The molecule has 3 radical (unpaired) electrons. The topological polar surface area (TPSA) is 13.0 Å². The summed E-state index contributed by atoms with van der Waals surface area (Å²) in [6, 6.07) is 0. The second kappa shape index (κ2) is 4.94. The van der Waals surface area contributed by atoms with E-state index in [1.54, 1.807) is 0 Å². The van der Waals surface area contributed by atoms with E-state index >= 15 is 0 Å². The lowest BCUT2D eigenvalue weighted by Gasteiger charge is -2.48. The van der Waals surface area contributed by atoms with Crippen molar-refractivity contribution >= 4 is 21.9 Å². The highest BCUT2D eigenvalue weighted by molar-refractivity contribution is 7.01. The van der Waals surface area contributed by atoms with Crippen molar-refractivity contribution in [3.8, 4) is 0 Å². The van der Waals surface area contributed by atoms with Gasteiger partial charge < -0.3 is 19.4 Å². The van der Waals surface area contributed by atoms with Gasteiger partial charge in [0.1, 0.15) is 5.66 Å². The summed E-state index contributed by atoms with van der Waals surface area (Å²) < 4.78 is 0. The van der Waals surface area contributed by atoms with Gasteiger partial charge in [0, 0.05) is 13.1 Å². The maximum Gasteiger partial charge on any atom is 0.251 e. The molecule has 4 bridgehead atoms. The smallest absolute Gasteiger partial charge is 0.251 e. The highest BCUT2D eigenvalue weighted by Gasteiger charge is 2.70. The Labute approximate surface area is 143 Å². The van der Waals surface area contributed by atoms with E-state index in [0.717, 1.165) is 37.4 Å². The van der Waals surface area contributed by atoms with Crippen LogP contribution in [0.25, 0.3) is 0 Å². The predicted molar refractivity (Wildman–Crippen MR) is 97.5 cm³/mol. The first kappa shape index (κ1) is 15.4. The van der Waals surface area contributed by atoms with Crippen LogP contribution in [0.1, 0.15) is 39.5 Å². The molecule has 4 rings (SSSR count). The fourth-order valence-corrected chi connectivity index (χ4v) is 5.37. The van der Waals surface area contributed by atoms with Crippen LogP contribution in [0.3, 0.4) is 0 Å². The molecule has 0 aromatic rings. The summed E-state index contributed by atoms with van der Waals surface area (Å²) in [5.74, 6) is 2.20. The number of rotatable bonds is 0. The van der Waals surface area contributed by atoms with Crippen molar-refractivity contribution in [2.24, 2.45) is 0 Å².